The molecule has 0 bridgehead atoms. The lowest BCUT2D eigenvalue weighted by Gasteiger charge is -2.10. The lowest BCUT2D eigenvalue weighted by Crippen LogP contribution is -1.93. The van der Waals surface area contributed by atoms with Crippen LogP contribution in [0.25, 0.3) is 0 Å². The van der Waals surface area contributed by atoms with E-state index in [0.717, 1.165) is 0 Å². The van der Waals surface area contributed by atoms with Gasteiger partial charge in [0.15, 0.2) is 0 Å². The molecule has 0 aliphatic heterocycles. The number of halogens is 3. The van der Waals surface area contributed by atoms with E-state index in [1.54, 1.807) is 12.1 Å². The van der Waals surface area contributed by atoms with Crippen molar-refractivity contribution in [2.75, 3.05) is 7.11 Å². The monoisotopic (exact) mass is 249 g/mol. The summed E-state index contributed by atoms with van der Waals surface area (Å²) in [7, 11) is 1.48. The van der Waals surface area contributed by atoms with Gasteiger partial charge in [0.25, 0.3) is 0 Å². The molecule has 0 heterocycles. The van der Waals surface area contributed by atoms with Crippen LogP contribution in [0, 0.1) is 11.3 Å². The normalized spacial score (nSPS) is 11.9. The maximum absolute atomic E-state index is 8.66. The van der Waals surface area contributed by atoms with Crippen LogP contribution in [0.4, 0.5) is 0 Å². The molecule has 0 aliphatic carbocycles. The molecule has 1 atom stereocenters. The zero-order valence-corrected chi connectivity index (χ0v) is 9.49. The molecule has 2 nitrogen and oxygen atoms in total. The van der Waals surface area contributed by atoms with Gasteiger partial charge < -0.3 is 4.74 Å². The largest absolute Gasteiger partial charge is 0.495 e. The molecule has 0 saturated carbocycles. The van der Waals surface area contributed by atoms with Crippen LogP contribution in [0.15, 0.2) is 12.1 Å². The lowest BCUT2D eigenvalue weighted by molar-refractivity contribution is 0.414. The van der Waals surface area contributed by atoms with Gasteiger partial charge in [-0.2, -0.15) is 5.26 Å². The molecule has 1 unspecified atom stereocenters. The van der Waals surface area contributed by atoms with Gasteiger partial charge in [-0.15, -0.1) is 11.6 Å². The Morgan fingerprint density at radius 1 is 1.43 bits per heavy atom. The van der Waals surface area contributed by atoms with E-state index in [0.29, 0.717) is 16.3 Å². The van der Waals surface area contributed by atoms with Crippen molar-refractivity contribution in [3.05, 3.63) is 27.7 Å². The molecule has 74 valence electrons. The van der Waals surface area contributed by atoms with Crippen LogP contribution in [-0.4, -0.2) is 7.11 Å². The van der Waals surface area contributed by atoms with Crippen molar-refractivity contribution in [2.24, 2.45) is 0 Å². The van der Waals surface area contributed by atoms with Crippen LogP contribution in [0.1, 0.15) is 10.9 Å². The topological polar surface area (TPSA) is 33.0 Å². The summed E-state index contributed by atoms with van der Waals surface area (Å²) in [6.45, 7) is 0. The fourth-order valence-electron chi connectivity index (χ4n) is 1.00. The van der Waals surface area contributed by atoms with Crippen molar-refractivity contribution in [3.8, 4) is 11.8 Å². The van der Waals surface area contributed by atoms with E-state index < -0.39 is 5.38 Å². The fourth-order valence-corrected chi connectivity index (χ4v) is 2.01. The Morgan fingerprint density at radius 3 is 2.57 bits per heavy atom. The average molecular weight is 251 g/mol. The van der Waals surface area contributed by atoms with Crippen molar-refractivity contribution in [3.63, 3.8) is 0 Å². The summed E-state index contributed by atoms with van der Waals surface area (Å²) >= 11 is 17.5. The highest BCUT2D eigenvalue weighted by Gasteiger charge is 2.18. The van der Waals surface area contributed by atoms with Gasteiger partial charge in [-0.05, 0) is 12.1 Å². The van der Waals surface area contributed by atoms with E-state index in [9.17, 15) is 0 Å². The Balaban J connectivity index is 3.34. The molecule has 5 heteroatoms. The maximum atomic E-state index is 8.66. The van der Waals surface area contributed by atoms with Crippen LogP contribution in [0.3, 0.4) is 0 Å². The summed E-state index contributed by atoms with van der Waals surface area (Å²) in [6, 6.07) is 5.07. The number of methoxy groups -OCH3 is 1. The number of alkyl halides is 1. The van der Waals surface area contributed by atoms with Gasteiger partial charge in [-0.25, -0.2) is 0 Å². The molecule has 0 spiro atoms. The quantitative estimate of drug-likeness (QED) is 0.748. The molecule has 1 aromatic rings. The predicted molar refractivity (Wildman–Crippen MR) is 57.2 cm³/mol. The number of benzene rings is 1. The van der Waals surface area contributed by atoms with Crippen molar-refractivity contribution >= 4 is 34.8 Å². The second kappa shape index (κ2) is 4.75. The van der Waals surface area contributed by atoms with Crippen LogP contribution >= 0.6 is 34.8 Å². The minimum atomic E-state index is -0.870. The van der Waals surface area contributed by atoms with Crippen LogP contribution in [-0.2, 0) is 0 Å². The van der Waals surface area contributed by atoms with Crippen LogP contribution < -0.4 is 4.74 Å². The van der Waals surface area contributed by atoms with E-state index in [1.165, 1.54) is 7.11 Å². The molecule has 1 rings (SSSR count). The molecule has 0 N–H and O–H groups in total. The molecule has 0 radical (unpaired) electrons. The van der Waals surface area contributed by atoms with Crippen molar-refractivity contribution in [1.29, 1.82) is 5.26 Å². The number of hydrogen-bond acceptors (Lipinski definition) is 2. The van der Waals surface area contributed by atoms with Crippen molar-refractivity contribution in [2.45, 2.75) is 5.38 Å². The van der Waals surface area contributed by atoms with Gasteiger partial charge >= 0.3 is 0 Å². The zero-order chi connectivity index (χ0) is 10.7. The van der Waals surface area contributed by atoms with Gasteiger partial charge in [-0.1, -0.05) is 23.2 Å². The SMILES string of the molecule is COc1ccc(Cl)c(C(Cl)C#N)c1Cl. The number of ether oxygens (including phenoxy) is 1. The highest BCUT2D eigenvalue weighted by molar-refractivity contribution is 6.38. The summed E-state index contributed by atoms with van der Waals surface area (Å²) < 4.78 is 4.98. The van der Waals surface area contributed by atoms with Crippen LogP contribution in [0.2, 0.25) is 10.0 Å². The molecule has 14 heavy (non-hydrogen) atoms. The summed E-state index contributed by atoms with van der Waals surface area (Å²) in [6.07, 6.45) is 0. The Kier molecular flexibility index (Phi) is 3.88. The van der Waals surface area contributed by atoms with Gasteiger partial charge in [-0.3, -0.25) is 0 Å². The first-order chi connectivity index (χ1) is 6.61. The van der Waals surface area contributed by atoms with Gasteiger partial charge in [0, 0.05) is 10.6 Å². The van der Waals surface area contributed by atoms with E-state index in [-0.39, 0.29) is 5.02 Å². The van der Waals surface area contributed by atoms with Gasteiger partial charge in [0.05, 0.1) is 18.2 Å². The van der Waals surface area contributed by atoms with E-state index in [4.69, 9.17) is 44.8 Å². The number of nitrogens with zero attached hydrogens (tertiary/aromatic N) is 1. The summed E-state index contributed by atoms with van der Waals surface area (Å²) in [5.74, 6) is 0.451. The van der Waals surface area contributed by atoms with E-state index in [2.05, 4.69) is 0 Å². The minimum absolute atomic E-state index is 0.279. The first-order valence-electron chi connectivity index (χ1n) is 3.67. The standard InChI is InChI=1S/C9H6Cl3NO/c1-14-7-3-2-5(10)8(9(7)12)6(11)4-13/h2-3,6H,1H3. The molecule has 0 aliphatic rings. The third-order valence-corrected chi connectivity index (χ3v) is 2.71. The molecule has 0 fully saturated rings. The number of hydrogen-bond donors (Lipinski definition) is 0. The third-order valence-electron chi connectivity index (χ3n) is 1.68. The smallest absolute Gasteiger partial charge is 0.148 e. The predicted octanol–water partition coefficient (Wildman–Crippen LogP) is 3.81. The Labute approximate surface area is 96.9 Å². The summed E-state index contributed by atoms with van der Waals surface area (Å²) in [4.78, 5) is 0. The number of rotatable bonds is 2. The van der Waals surface area contributed by atoms with Crippen molar-refractivity contribution < 1.29 is 4.74 Å². The Hall–Kier alpha value is -0.620. The molecular weight excluding hydrogens is 244 g/mol. The van der Waals surface area contributed by atoms with Gasteiger partial charge in [0.1, 0.15) is 11.1 Å². The van der Waals surface area contributed by atoms with E-state index in [1.807, 2.05) is 6.07 Å². The molecule has 0 amide bonds. The summed E-state index contributed by atoms with van der Waals surface area (Å²) in [5, 5.41) is 8.43. The third kappa shape index (κ3) is 2.06. The highest BCUT2D eigenvalue weighted by Crippen LogP contribution is 2.39. The Morgan fingerprint density at radius 2 is 2.07 bits per heavy atom. The minimum Gasteiger partial charge on any atom is -0.495 e. The second-order valence-electron chi connectivity index (χ2n) is 2.47. The molecule has 1 aromatic carbocycles. The maximum Gasteiger partial charge on any atom is 0.148 e. The first-order valence-corrected chi connectivity index (χ1v) is 4.86. The number of nitriles is 1. The van der Waals surface area contributed by atoms with Crippen LogP contribution in [0.5, 0.6) is 5.75 Å². The van der Waals surface area contributed by atoms with E-state index >= 15 is 0 Å². The zero-order valence-electron chi connectivity index (χ0n) is 7.22. The highest BCUT2D eigenvalue weighted by atomic mass is 35.5. The van der Waals surface area contributed by atoms with Crippen molar-refractivity contribution in [1.82, 2.24) is 0 Å². The fraction of sp³-hybridized carbons (Fsp3) is 0.222. The first kappa shape index (κ1) is 11.5. The second-order valence-corrected chi connectivity index (χ2v) is 3.69. The van der Waals surface area contributed by atoms with Gasteiger partial charge in [0.2, 0.25) is 0 Å². The average Bonchev–Trinajstić information content (AvgIpc) is 2.18. The molecule has 0 saturated heterocycles. The summed E-state index contributed by atoms with van der Waals surface area (Å²) in [5.41, 5.74) is 0.386. The lowest BCUT2D eigenvalue weighted by atomic mass is 10.1. The molecule has 0 aromatic heterocycles. The Bertz CT molecular complexity index is 386. The molecular formula is C9H6Cl3NO.